The van der Waals surface area contributed by atoms with Crippen LogP contribution in [-0.4, -0.2) is 34.1 Å². The molecule has 1 aliphatic heterocycles. The van der Waals surface area contributed by atoms with Crippen LogP contribution < -0.4 is 0 Å². The van der Waals surface area contributed by atoms with E-state index in [9.17, 15) is 0 Å². The fourth-order valence-corrected chi connectivity index (χ4v) is 3.97. The van der Waals surface area contributed by atoms with Crippen molar-refractivity contribution in [2.24, 2.45) is 5.92 Å². The third-order valence-electron chi connectivity index (χ3n) is 5.54. The standard InChI is InChI=1S/C22H33N3/c1-2-7-22-23-14-19-25(22)18-13-21-11-16-24(17-12-21)15-6-10-20-8-4-3-5-9-20/h3-5,8-9,14,19,21H,2,6-7,10-13,15-18H2,1H3. The van der Waals surface area contributed by atoms with Gasteiger partial charge in [0.2, 0.25) is 0 Å². The van der Waals surface area contributed by atoms with Gasteiger partial charge in [-0.25, -0.2) is 4.98 Å². The summed E-state index contributed by atoms with van der Waals surface area (Å²) >= 11 is 0. The highest BCUT2D eigenvalue weighted by molar-refractivity contribution is 5.14. The summed E-state index contributed by atoms with van der Waals surface area (Å²) in [7, 11) is 0. The number of aromatic nitrogens is 2. The smallest absolute Gasteiger partial charge is 0.108 e. The van der Waals surface area contributed by atoms with Crippen LogP contribution in [0.5, 0.6) is 0 Å². The molecule has 1 aliphatic rings. The van der Waals surface area contributed by atoms with Crippen LogP contribution in [0.4, 0.5) is 0 Å². The molecule has 3 nitrogen and oxygen atoms in total. The molecule has 0 saturated carbocycles. The summed E-state index contributed by atoms with van der Waals surface area (Å²) in [6.45, 7) is 7.20. The van der Waals surface area contributed by atoms with Crippen molar-refractivity contribution in [3.05, 3.63) is 54.1 Å². The molecule has 0 radical (unpaired) electrons. The lowest BCUT2D eigenvalue weighted by Gasteiger charge is -2.32. The van der Waals surface area contributed by atoms with E-state index < -0.39 is 0 Å². The van der Waals surface area contributed by atoms with Crippen molar-refractivity contribution in [1.29, 1.82) is 0 Å². The van der Waals surface area contributed by atoms with Gasteiger partial charge in [0.25, 0.3) is 0 Å². The molecule has 0 spiro atoms. The maximum atomic E-state index is 4.50. The molecule has 0 N–H and O–H groups in total. The zero-order valence-electron chi connectivity index (χ0n) is 15.7. The largest absolute Gasteiger partial charge is 0.335 e. The Morgan fingerprint density at radius 2 is 1.84 bits per heavy atom. The van der Waals surface area contributed by atoms with Crippen LogP contribution >= 0.6 is 0 Å². The molecule has 136 valence electrons. The molecular formula is C22H33N3. The Balaban J connectivity index is 1.32. The fourth-order valence-electron chi connectivity index (χ4n) is 3.97. The summed E-state index contributed by atoms with van der Waals surface area (Å²) in [5.74, 6) is 2.16. The van der Waals surface area contributed by atoms with Crippen LogP contribution in [0.15, 0.2) is 42.7 Å². The Bertz CT molecular complexity index is 597. The Hall–Kier alpha value is -1.61. The molecule has 2 heterocycles. The van der Waals surface area contributed by atoms with Gasteiger partial charge in [-0.2, -0.15) is 0 Å². The first kappa shape index (κ1) is 18.2. The second kappa shape index (κ2) is 9.76. The molecule has 1 saturated heterocycles. The zero-order chi connectivity index (χ0) is 17.3. The Morgan fingerprint density at radius 3 is 2.60 bits per heavy atom. The third kappa shape index (κ3) is 5.71. The van der Waals surface area contributed by atoms with Gasteiger partial charge in [0.15, 0.2) is 0 Å². The summed E-state index contributed by atoms with van der Waals surface area (Å²) in [6, 6.07) is 10.9. The number of hydrogen-bond donors (Lipinski definition) is 0. The third-order valence-corrected chi connectivity index (χ3v) is 5.54. The van der Waals surface area contributed by atoms with Gasteiger partial charge in [0, 0.05) is 25.4 Å². The van der Waals surface area contributed by atoms with Gasteiger partial charge < -0.3 is 9.47 Å². The molecule has 0 unspecified atom stereocenters. The van der Waals surface area contributed by atoms with Crippen molar-refractivity contribution >= 4 is 0 Å². The highest BCUT2D eigenvalue weighted by atomic mass is 15.1. The molecule has 2 aromatic rings. The first-order valence-electron chi connectivity index (χ1n) is 10.1. The van der Waals surface area contributed by atoms with Crippen LogP contribution in [0.2, 0.25) is 0 Å². The van der Waals surface area contributed by atoms with Crippen molar-refractivity contribution in [2.75, 3.05) is 19.6 Å². The number of hydrogen-bond acceptors (Lipinski definition) is 2. The molecule has 0 atom stereocenters. The number of nitrogens with zero attached hydrogens (tertiary/aromatic N) is 3. The zero-order valence-corrected chi connectivity index (χ0v) is 15.7. The lowest BCUT2D eigenvalue weighted by atomic mass is 9.93. The molecule has 1 aromatic carbocycles. The van der Waals surface area contributed by atoms with Gasteiger partial charge in [-0.3, -0.25) is 0 Å². The Kier molecular flexibility index (Phi) is 7.10. The van der Waals surface area contributed by atoms with Crippen molar-refractivity contribution in [2.45, 2.75) is 58.4 Å². The molecule has 1 aromatic heterocycles. The minimum Gasteiger partial charge on any atom is -0.335 e. The summed E-state index contributed by atoms with van der Waals surface area (Å²) in [5, 5.41) is 0. The quantitative estimate of drug-likeness (QED) is 0.667. The van der Waals surface area contributed by atoms with Crippen molar-refractivity contribution in [3.8, 4) is 0 Å². The predicted molar refractivity (Wildman–Crippen MR) is 105 cm³/mol. The SMILES string of the molecule is CCCc1nccn1CCC1CCN(CCCc2ccccc2)CC1. The Labute approximate surface area is 153 Å². The average Bonchev–Trinajstić information content (AvgIpc) is 3.09. The fraction of sp³-hybridized carbons (Fsp3) is 0.591. The second-order valence-electron chi connectivity index (χ2n) is 7.45. The van der Waals surface area contributed by atoms with Crippen molar-refractivity contribution in [3.63, 3.8) is 0 Å². The minimum atomic E-state index is 0.891. The second-order valence-corrected chi connectivity index (χ2v) is 7.45. The Morgan fingerprint density at radius 1 is 1.04 bits per heavy atom. The number of rotatable bonds is 9. The van der Waals surface area contributed by atoms with Gasteiger partial charge in [-0.05, 0) is 69.6 Å². The lowest BCUT2D eigenvalue weighted by molar-refractivity contribution is 0.174. The first-order valence-corrected chi connectivity index (χ1v) is 10.1. The van der Waals surface area contributed by atoms with E-state index in [1.807, 2.05) is 6.20 Å². The molecule has 1 fully saturated rings. The van der Waals surface area contributed by atoms with E-state index in [0.29, 0.717) is 0 Å². The summed E-state index contributed by atoms with van der Waals surface area (Å²) < 4.78 is 2.37. The molecule has 0 amide bonds. The van der Waals surface area contributed by atoms with Crippen LogP contribution in [0, 0.1) is 5.92 Å². The van der Waals surface area contributed by atoms with E-state index in [-0.39, 0.29) is 0 Å². The van der Waals surface area contributed by atoms with Crippen LogP contribution in [-0.2, 0) is 19.4 Å². The highest BCUT2D eigenvalue weighted by Crippen LogP contribution is 2.22. The highest BCUT2D eigenvalue weighted by Gasteiger charge is 2.19. The van der Waals surface area contributed by atoms with E-state index >= 15 is 0 Å². The van der Waals surface area contributed by atoms with Crippen molar-refractivity contribution < 1.29 is 0 Å². The van der Waals surface area contributed by atoms with E-state index in [4.69, 9.17) is 0 Å². The maximum Gasteiger partial charge on any atom is 0.108 e. The van der Waals surface area contributed by atoms with Crippen molar-refractivity contribution in [1.82, 2.24) is 14.5 Å². The number of piperidine rings is 1. The monoisotopic (exact) mass is 339 g/mol. The summed E-state index contributed by atoms with van der Waals surface area (Å²) in [5.41, 5.74) is 1.47. The van der Waals surface area contributed by atoms with Crippen LogP contribution in [0.3, 0.4) is 0 Å². The van der Waals surface area contributed by atoms with Gasteiger partial charge in [-0.1, -0.05) is 37.3 Å². The number of benzene rings is 1. The van der Waals surface area contributed by atoms with Gasteiger partial charge >= 0.3 is 0 Å². The summed E-state index contributed by atoms with van der Waals surface area (Å²) in [6.07, 6.45) is 12.9. The molecule has 25 heavy (non-hydrogen) atoms. The van der Waals surface area contributed by atoms with E-state index in [0.717, 1.165) is 18.9 Å². The van der Waals surface area contributed by atoms with Gasteiger partial charge in [0.05, 0.1) is 0 Å². The summed E-state index contributed by atoms with van der Waals surface area (Å²) in [4.78, 5) is 7.16. The van der Waals surface area contributed by atoms with Gasteiger partial charge in [0.1, 0.15) is 5.82 Å². The number of imidazole rings is 1. The molecular weight excluding hydrogens is 306 g/mol. The number of aryl methyl sites for hydroxylation is 3. The number of likely N-dealkylation sites (tertiary alicyclic amines) is 1. The van der Waals surface area contributed by atoms with E-state index in [2.05, 4.69) is 57.9 Å². The van der Waals surface area contributed by atoms with Crippen LogP contribution in [0.1, 0.15) is 50.4 Å². The predicted octanol–water partition coefficient (Wildman–Crippen LogP) is 4.57. The normalized spacial score (nSPS) is 16.4. The average molecular weight is 340 g/mol. The first-order chi connectivity index (χ1) is 12.3. The molecule has 3 rings (SSSR count). The molecule has 0 bridgehead atoms. The van der Waals surface area contributed by atoms with Crippen LogP contribution in [0.25, 0.3) is 0 Å². The molecule has 3 heteroatoms. The van der Waals surface area contributed by atoms with E-state index in [1.165, 1.54) is 69.5 Å². The molecule has 0 aliphatic carbocycles. The maximum absolute atomic E-state index is 4.50. The topological polar surface area (TPSA) is 21.1 Å². The van der Waals surface area contributed by atoms with Gasteiger partial charge in [-0.15, -0.1) is 0 Å². The lowest BCUT2D eigenvalue weighted by Crippen LogP contribution is -2.34. The van der Waals surface area contributed by atoms with E-state index in [1.54, 1.807) is 0 Å². The minimum absolute atomic E-state index is 0.891.